The number of carboxylic acids is 1. The van der Waals surface area contributed by atoms with Gasteiger partial charge in [-0.25, -0.2) is 4.79 Å². The number of aromatic hydroxyl groups is 1. The number of amides is 2. The Morgan fingerprint density at radius 1 is 1.21 bits per heavy atom. The Kier molecular flexibility index (Phi) is 6.24. The first-order chi connectivity index (χ1) is 13.8. The molecule has 2 heterocycles. The summed E-state index contributed by atoms with van der Waals surface area (Å²) in [7, 11) is 0. The summed E-state index contributed by atoms with van der Waals surface area (Å²) in [5, 5.41) is 22.5. The van der Waals surface area contributed by atoms with Crippen LogP contribution in [-0.2, 0) is 11.3 Å². The molecular weight excluding hydrogens is 378 g/mol. The Hall–Kier alpha value is -2.84. The number of nitrogens with one attached hydrogen (secondary N) is 1. The van der Waals surface area contributed by atoms with E-state index >= 15 is 0 Å². The van der Waals surface area contributed by atoms with Crippen molar-refractivity contribution in [1.29, 1.82) is 0 Å². The van der Waals surface area contributed by atoms with Crippen molar-refractivity contribution in [3.63, 3.8) is 0 Å². The van der Waals surface area contributed by atoms with Crippen LogP contribution in [0.2, 0.25) is 0 Å². The van der Waals surface area contributed by atoms with Crippen LogP contribution in [0.15, 0.2) is 11.0 Å². The number of rotatable bonds is 6. The van der Waals surface area contributed by atoms with Crippen molar-refractivity contribution in [2.45, 2.75) is 70.5 Å². The normalized spacial score (nSPS) is 19.7. The van der Waals surface area contributed by atoms with Crippen LogP contribution in [0.3, 0.4) is 0 Å². The molecule has 3 N–H and O–H groups in total. The molecule has 1 fully saturated rings. The molecule has 1 atom stereocenters. The third kappa shape index (κ3) is 4.13. The number of carbonyl (C=O) groups excluding carboxylic acids is 2. The highest BCUT2D eigenvalue weighted by Crippen LogP contribution is 2.25. The molecule has 29 heavy (non-hydrogen) atoms. The number of unbranched alkanes of at least 4 members (excludes halogenated alkanes) is 1. The van der Waals surface area contributed by atoms with E-state index in [0.29, 0.717) is 13.0 Å². The third-order valence-electron chi connectivity index (χ3n) is 5.70. The molecule has 3 rings (SSSR count). The van der Waals surface area contributed by atoms with E-state index in [2.05, 4.69) is 5.32 Å². The molecule has 0 bridgehead atoms. The van der Waals surface area contributed by atoms with Crippen molar-refractivity contribution in [2.75, 3.05) is 6.54 Å². The van der Waals surface area contributed by atoms with E-state index in [0.717, 1.165) is 44.7 Å². The lowest BCUT2D eigenvalue weighted by molar-refractivity contribution is -0.127. The van der Waals surface area contributed by atoms with Crippen LogP contribution in [0, 0.1) is 0 Å². The highest BCUT2D eigenvalue weighted by molar-refractivity contribution is 6.00. The Labute approximate surface area is 168 Å². The van der Waals surface area contributed by atoms with E-state index < -0.39 is 34.7 Å². The maximum Gasteiger partial charge on any atom is 0.341 e. The fourth-order valence-corrected chi connectivity index (χ4v) is 4.09. The van der Waals surface area contributed by atoms with Crippen LogP contribution in [0.25, 0.3) is 0 Å². The number of aromatic carboxylic acids is 1. The van der Waals surface area contributed by atoms with Crippen molar-refractivity contribution in [3.05, 3.63) is 27.7 Å². The van der Waals surface area contributed by atoms with E-state index in [1.165, 1.54) is 9.47 Å². The van der Waals surface area contributed by atoms with Gasteiger partial charge in [0.25, 0.3) is 5.91 Å². The molecule has 0 saturated heterocycles. The average molecular weight is 405 g/mol. The van der Waals surface area contributed by atoms with Crippen molar-refractivity contribution in [3.8, 4) is 5.75 Å². The van der Waals surface area contributed by atoms with Crippen molar-refractivity contribution >= 4 is 17.8 Å². The van der Waals surface area contributed by atoms with Crippen LogP contribution in [0.5, 0.6) is 5.75 Å². The number of hydrogen-bond donors (Lipinski definition) is 3. The van der Waals surface area contributed by atoms with Gasteiger partial charge < -0.3 is 25.0 Å². The highest BCUT2D eigenvalue weighted by atomic mass is 16.4. The van der Waals surface area contributed by atoms with Gasteiger partial charge in [-0.15, -0.1) is 0 Å². The summed E-state index contributed by atoms with van der Waals surface area (Å²) in [5.74, 6) is -3.31. The van der Waals surface area contributed by atoms with Crippen molar-refractivity contribution in [2.24, 2.45) is 0 Å². The molecular formula is C20H27N3O6. The number of hydrogen-bond acceptors (Lipinski definition) is 5. The first kappa shape index (κ1) is 20.9. The van der Waals surface area contributed by atoms with Gasteiger partial charge in [-0.1, -0.05) is 32.6 Å². The lowest BCUT2D eigenvalue weighted by atomic mass is 9.95. The molecule has 2 aliphatic rings. The molecule has 1 aliphatic carbocycles. The van der Waals surface area contributed by atoms with Gasteiger partial charge in [-0.05, 0) is 19.3 Å². The second kappa shape index (κ2) is 8.67. The molecule has 1 aromatic heterocycles. The zero-order chi connectivity index (χ0) is 21.1. The second-order valence-electron chi connectivity index (χ2n) is 7.74. The van der Waals surface area contributed by atoms with Crippen molar-refractivity contribution in [1.82, 2.24) is 14.8 Å². The minimum atomic E-state index is -1.50. The van der Waals surface area contributed by atoms with E-state index in [1.807, 2.05) is 6.92 Å². The smallest absolute Gasteiger partial charge is 0.341 e. The number of pyridine rings is 1. The van der Waals surface area contributed by atoms with Crippen LogP contribution >= 0.6 is 0 Å². The summed E-state index contributed by atoms with van der Waals surface area (Å²) in [5.41, 5.74) is -2.00. The van der Waals surface area contributed by atoms with Crippen LogP contribution in [0.4, 0.5) is 0 Å². The maximum atomic E-state index is 13.1. The zero-order valence-electron chi connectivity index (χ0n) is 16.5. The Morgan fingerprint density at radius 2 is 1.90 bits per heavy atom. The summed E-state index contributed by atoms with van der Waals surface area (Å²) in [6.45, 7) is 2.25. The lowest BCUT2D eigenvalue weighted by Gasteiger charge is -2.38. The summed E-state index contributed by atoms with van der Waals surface area (Å²) >= 11 is 0. The number of carbonyl (C=O) groups is 3. The minimum Gasteiger partial charge on any atom is -0.503 e. The van der Waals surface area contributed by atoms with Crippen LogP contribution < -0.4 is 10.7 Å². The first-order valence-corrected chi connectivity index (χ1v) is 10.2. The molecule has 1 aromatic rings. The fraction of sp³-hybridized carbons (Fsp3) is 0.600. The van der Waals surface area contributed by atoms with Gasteiger partial charge in [0, 0.05) is 18.8 Å². The van der Waals surface area contributed by atoms with Gasteiger partial charge in [0.2, 0.25) is 11.3 Å². The number of fused-ring (bicyclic) bond motifs is 1. The topological polar surface area (TPSA) is 129 Å². The molecule has 0 spiro atoms. The molecule has 9 nitrogen and oxygen atoms in total. The molecule has 9 heteroatoms. The molecule has 0 radical (unpaired) electrons. The molecule has 1 saturated carbocycles. The summed E-state index contributed by atoms with van der Waals surface area (Å²) in [4.78, 5) is 50.9. The van der Waals surface area contributed by atoms with E-state index in [1.54, 1.807) is 0 Å². The molecule has 2 amide bonds. The first-order valence-electron chi connectivity index (χ1n) is 10.2. The van der Waals surface area contributed by atoms with Crippen LogP contribution in [-0.4, -0.2) is 56.1 Å². The third-order valence-corrected chi connectivity index (χ3v) is 5.70. The van der Waals surface area contributed by atoms with Gasteiger partial charge in [-0.2, -0.15) is 0 Å². The van der Waals surface area contributed by atoms with Crippen molar-refractivity contribution < 1.29 is 24.6 Å². The second-order valence-corrected chi connectivity index (χ2v) is 7.74. The van der Waals surface area contributed by atoms with E-state index in [4.69, 9.17) is 0 Å². The summed E-state index contributed by atoms with van der Waals surface area (Å²) in [6.07, 6.45) is 7.55. The Morgan fingerprint density at radius 3 is 2.52 bits per heavy atom. The van der Waals surface area contributed by atoms with Crippen LogP contribution in [0.1, 0.15) is 72.7 Å². The fourth-order valence-electron chi connectivity index (χ4n) is 4.09. The standard InChI is InChI=1S/C20H27N3O6/c1-2-3-9-23-14(18(26)21-12-7-5-4-6-8-12)11-22-10-13(20(28)29)16(24)17(25)15(22)19(23)27/h10,12,14,25H,2-9,11H2,1H3,(H,21,26)(H,28,29). The number of aromatic nitrogens is 1. The summed E-state index contributed by atoms with van der Waals surface area (Å²) in [6, 6.07) is -0.759. The number of carboxylic acid groups (broad SMARTS) is 1. The van der Waals surface area contributed by atoms with Gasteiger partial charge in [0.15, 0.2) is 11.4 Å². The van der Waals surface area contributed by atoms with E-state index in [9.17, 15) is 29.4 Å². The zero-order valence-corrected chi connectivity index (χ0v) is 16.5. The van der Waals surface area contributed by atoms with E-state index in [-0.39, 0.29) is 24.2 Å². The Bertz CT molecular complexity index is 872. The SMILES string of the molecule is CCCCN1C(=O)c2c(O)c(=O)c(C(=O)O)cn2CC1C(=O)NC1CCCCC1. The molecule has 0 aromatic carbocycles. The maximum absolute atomic E-state index is 13.1. The molecule has 1 aliphatic heterocycles. The monoisotopic (exact) mass is 405 g/mol. The van der Waals surface area contributed by atoms with Gasteiger partial charge in [-0.3, -0.25) is 14.4 Å². The van der Waals surface area contributed by atoms with Gasteiger partial charge >= 0.3 is 5.97 Å². The molecule has 1 unspecified atom stereocenters. The quantitative estimate of drug-likeness (QED) is 0.655. The Balaban J connectivity index is 1.96. The van der Waals surface area contributed by atoms with Gasteiger partial charge in [0.1, 0.15) is 11.6 Å². The highest BCUT2D eigenvalue weighted by Gasteiger charge is 2.39. The predicted molar refractivity (Wildman–Crippen MR) is 104 cm³/mol. The minimum absolute atomic E-state index is 0.0164. The summed E-state index contributed by atoms with van der Waals surface area (Å²) < 4.78 is 1.22. The predicted octanol–water partition coefficient (Wildman–Crippen LogP) is 1.33. The van der Waals surface area contributed by atoms with Gasteiger partial charge in [0.05, 0.1) is 6.54 Å². The molecule has 158 valence electrons. The average Bonchev–Trinajstić information content (AvgIpc) is 2.70. The largest absolute Gasteiger partial charge is 0.503 e. The number of nitrogens with zero attached hydrogens (tertiary/aromatic N) is 2. The lowest BCUT2D eigenvalue weighted by Crippen LogP contribution is -2.57.